The van der Waals surface area contributed by atoms with E-state index in [1.807, 2.05) is 18.2 Å². The zero-order valence-corrected chi connectivity index (χ0v) is 14.7. The van der Waals surface area contributed by atoms with E-state index in [0.717, 1.165) is 11.1 Å². The van der Waals surface area contributed by atoms with E-state index >= 15 is 0 Å². The van der Waals surface area contributed by atoms with E-state index in [9.17, 15) is 8.78 Å². The van der Waals surface area contributed by atoms with Gasteiger partial charge in [-0.1, -0.05) is 17.3 Å². The predicted octanol–water partition coefficient (Wildman–Crippen LogP) is 3.38. The van der Waals surface area contributed by atoms with E-state index in [2.05, 4.69) is 25.5 Å². The van der Waals surface area contributed by atoms with Crippen LogP contribution in [0.15, 0.2) is 53.2 Å². The summed E-state index contributed by atoms with van der Waals surface area (Å²) in [5.41, 5.74) is 2.89. The molecule has 0 atom stereocenters. The number of methoxy groups -OCH3 is 1. The highest BCUT2D eigenvalue weighted by molar-refractivity contribution is 5.63. The monoisotopic (exact) mass is 384 g/mol. The van der Waals surface area contributed by atoms with Crippen molar-refractivity contribution in [2.75, 3.05) is 7.11 Å². The van der Waals surface area contributed by atoms with Gasteiger partial charge in [-0.25, -0.2) is 9.67 Å². The zero-order valence-electron chi connectivity index (χ0n) is 14.7. The van der Waals surface area contributed by atoms with Gasteiger partial charge in [0.2, 0.25) is 11.8 Å². The van der Waals surface area contributed by atoms with Gasteiger partial charge in [0.25, 0.3) is 5.89 Å². The standard InChI is InChI=1S/C18H14F2N6O2/c1-27-17-13(3-2-8-21-17)14-10-26(25-22-14)9-11-4-6-12(7-5-11)16-23-24-18(28-16)15(19)20/h2-8,10,15H,9H2,1H3. The van der Waals surface area contributed by atoms with Crippen molar-refractivity contribution >= 4 is 0 Å². The molecule has 0 N–H and O–H groups in total. The lowest BCUT2D eigenvalue weighted by molar-refractivity contribution is 0.116. The summed E-state index contributed by atoms with van der Waals surface area (Å²) in [6.07, 6.45) is 0.642. The van der Waals surface area contributed by atoms with Gasteiger partial charge < -0.3 is 9.15 Å². The first-order valence-electron chi connectivity index (χ1n) is 8.24. The molecule has 3 heterocycles. The Bertz CT molecular complexity index is 1080. The number of benzene rings is 1. The SMILES string of the molecule is COc1ncccc1-c1cn(Cc2ccc(-c3nnc(C(F)F)o3)cc2)nn1. The summed E-state index contributed by atoms with van der Waals surface area (Å²) in [5, 5.41) is 15.2. The quantitative estimate of drug-likeness (QED) is 0.503. The van der Waals surface area contributed by atoms with Gasteiger partial charge >= 0.3 is 6.43 Å². The molecule has 10 heteroatoms. The maximum absolute atomic E-state index is 12.6. The Morgan fingerprint density at radius 2 is 1.93 bits per heavy atom. The highest BCUT2D eigenvalue weighted by Crippen LogP contribution is 2.26. The molecule has 0 bridgehead atoms. The second kappa shape index (κ2) is 7.51. The van der Waals surface area contributed by atoms with Crippen molar-refractivity contribution in [2.24, 2.45) is 0 Å². The molecule has 0 unspecified atom stereocenters. The van der Waals surface area contributed by atoms with Gasteiger partial charge in [0.05, 0.1) is 25.4 Å². The van der Waals surface area contributed by atoms with Crippen molar-refractivity contribution in [2.45, 2.75) is 13.0 Å². The molecule has 0 aliphatic heterocycles. The van der Waals surface area contributed by atoms with Crippen LogP contribution in [0.4, 0.5) is 8.78 Å². The van der Waals surface area contributed by atoms with Crippen LogP contribution in [-0.2, 0) is 6.54 Å². The lowest BCUT2D eigenvalue weighted by Crippen LogP contribution is -2.00. The van der Waals surface area contributed by atoms with Crippen LogP contribution < -0.4 is 4.74 Å². The Labute approximate surface area is 157 Å². The summed E-state index contributed by atoms with van der Waals surface area (Å²) in [6.45, 7) is 0.474. The first-order chi connectivity index (χ1) is 13.6. The molecular formula is C18H14F2N6O2. The topological polar surface area (TPSA) is 91.8 Å². The number of alkyl halides is 2. The predicted molar refractivity (Wildman–Crippen MR) is 93.6 cm³/mol. The van der Waals surface area contributed by atoms with Crippen LogP contribution in [0.2, 0.25) is 0 Å². The number of pyridine rings is 1. The minimum Gasteiger partial charge on any atom is -0.481 e. The van der Waals surface area contributed by atoms with Crippen molar-refractivity contribution < 1.29 is 17.9 Å². The van der Waals surface area contributed by atoms with Crippen LogP contribution in [0, 0.1) is 0 Å². The third-order valence-corrected chi connectivity index (χ3v) is 3.95. The van der Waals surface area contributed by atoms with Crippen molar-refractivity contribution in [3.8, 4) is 28.6 Å². The molecule has 0 spiro atoms. The van der Waals surface area contributed by atoms with E-state index in [-0.39, 0.29) is 5.89 Å². The minimum absolute atomic E-state index is 0.0496. The highest BCUT2D eigenvalue weighted by Gasteiger charge is 2.17. The molecule has 8 nitrogen and oxygen atoms in total. The minimum atomic E-state index is -2.79. The number of aromatic nitrogens is 6. The average Bonchev–Trinajstić information content (AvgIpc) is 3.38. The summed E-state index contributed by atoms with van der Waals surface area (Å²) >= 11 is 0. The average molecular weight is 384 g/mol. The summed E-state index contributed by atoms with van der Waals surface area (Å²) in [7, 11) is 1.55. The van der Waals surface area contributed by atoms with Crippen molar-refractivity contribution in [3.05, 3.63) is 60.2 Å². The molecule has 28 heavy (non-hydrogen) atoms. The lowest BCUT2D eigenvalue weighted by atomic mass is 10.1. The van der Waals surface area contributed by atoms with Crippen molar-refractivity contribution in [1.82, 2.24) is 30.2 Å². The largest absolute Gasteiger partial charge is 0.481 e. The summed E-state index contributed by atoms with van der Waals surface area (Å²) in [6, 6.07) is 10.8. The first-order valence-corrected chi connectivity index (χ1v) is 8.24. The Morgan fingerprint density at radius 1 is 1.11 bits per heavy atom. The molecular weight excluding hydrogens is 370 g/mol. The van der Waals surface area contributed by atoms with Crippen molar-refractivity contribution in [3.63, 3.8) is 0 Å². The molecule has 0 fully saturated rings. The second-order valence-electron chi connectivity index (χ2n) is 5.80. The summed E-state index contributed by atoms with van der Waals surface area (Å²) in [4.78, 5) is 4.15. The van der Waals surface area contributed by atoms with E-state index in [1.165, 1.54) is 0 Å². The van der Waals surface area contributed by atoms with Crippen LogP contribution >= 0.6 is 0 Å². The van der Waals surface area contributed by atoms with Crippen LogP contribution in [0.3, 0.4) is 0 Å². The fraction of sp³-hybridized carbons (Fsp3) is 0.167. The van der Waals surface area contributed by atoms with Gasteiger partial charge in [-0.15, -0.1) is 15.3 Å². The molecule has 0 aliphatic rings. The van der Waals surface area contributed by atoms with E-state index in [1.54, 1.807) is 42.4 Å². The van der Waals surface area contributed by atoms with E-state index < -0.39 is 12.3 Å². The molecule has 4 rings (SSSR count). The second-order valence-corrected chi connectivity index (χ2v) is 5.80. The number of hydrogen-bond donors (Lipinski definition) is 0. The molecule has 0 radical (unpaired) electrons. The van der Waals surface area contributed by atoms with Gasteiger partial charge in [-0.3, -0.25) is 0 Å². The number of nitrogens with zero attached hydrogens (tertiary/aromatic N) is 6. The Balaban J connectivity index is 1.50. The van der Waals surface area contributed by atoms with Crippen LogP contribution in [0.5, 0.6) is 5.88 Å². The molecule has 0 saturated carbocycles. The Hall–Kier alpha value is -3.69. The summed E-state index contributed by atoms with van der Waals surface area (Å²) < 4.78 is 37.0. The lowest BCUT2D eigenvalue weighted by Gasteiger charge is -2.03. The zero-order chi connectivity index (χ0) is 19.5. The summed E-state index contributed by atoms with van der Waals surface area (Å²) in [5.74, 6) is -0.171. The van der Waals surface area contributed by atoms with Crippen LogP contribution in [-0.4, -0.2) is 37.3 Å². The molecule has 0 aliphatic carbocycles. The Morgan fingerprint density at radius 3 is 2.64 bits per heavy atom. The van der Waals surface area contributed by atoms with Crippen molar-refractivity contribution in [1.29, 1.82) is 0 Å². The normalized spacial score (nSPS) is 11.1. The molecule has 142 valence electrons. The first kappa shape index (κ1) is 17.7. The van der Waals surface area contributed by atoms with Gasteiger partial charge in [-0.2, -0.15) is 8.78 Å². The molecule has 4 aromatic rings. The fourth-order valence-electron chi connectivity index (χ4n) is 2.63. The van der Waals surface area contributed by atoms with E-state index in [4.69, 9.17) is 9.15 Å². The smallest absolute Gasteiger partial charge is 0.314 e. The van der Waals surface area contributed by atoms with Gasteiger partial charge in [0.15, 0.2) is 0 Å². The van der Waals surface area contributed by atoms with Gasteiger partial charge in [0.1, 0.15) is 5.69 Å². The number of rotatable bonds is 6. The molecule has 0 saturated heterocycles. The molecule has 3 aromatic heterocycles. The third kappa shape index (κ3) is 3.56. The number of hydrogen-bond acceptors (Lipinski definition) is 7. The molecule has 1 aromatic carbocycles. The van der Waals surface area contributed by atoms with Gasteiger partial charge in [0, 0.05) is 11.8 Å². The third-order valence-electron chi connectivity index (χ3n) is 3.95. The van der Waals surface area contributed by atoms with Crippen LogP contribution in [0.25, 0.3) is 22.7 Å². The van der Waals surface area contributed by atoms with E-state index in [0.29, 0.717) is 23.7 Å². The number of ether oxygens (including phenoxy) is 1. The Kier molecular flexibility index (Phi) is 4.75. The van der Waals surface area contributed by atoms with Gasteiger partial charge in [-0.05, 0) is 29.8 Å². The maximum atomic E-state index is 12.6. The maximum Gasteiger partial charge on any atom is 0.314 e. The highest BCUT2D eigenvalue weighted by atomic mass is 19.3. The number of halogens is 2. The molecule has 0 amide bonds. The fourth-order valence-corrected chi connectivity index (χ4v) is 2.63. The van der Waals surface area contributed by atoms with Crippen LogP contribution in [0.1, 0.15) is 17.9 Å².